The third-order valence-corrected chi connectivity index (χ3v) is 4.10. The first-order valence-electron chi connectivity index (χ1n) is 6.10. The number of amides is 1. The molecule has 0 heterocycles. The number of aliphatic carboxylic acids is 1. The third-order valence-electron chi connectivity index (χ3n) is 2.62. The molecule has 1 aromatic rings. The van der Waals surface area contributed by atoms with Gasteiger partial charge in [0.2, 0.25) is 5.91 Å². The molecular weight excluding hydrogens is 333 g/mol. The molecule has 0 saturated heterocycles. The van der Waals surface area contributed by atoms with Crippen molar-refractivity contribution in [1.29, 1.82) is 0 Å². The lowest BCUT2D eigenvalue weighted by atomic mass is 10.2. The number of halogens is 2. The Balaban J connectivity index is 2.69. The van der Waals surface area contributed by atoms with E-state index in [0.29, 0.717) is 27.8 Å². The summed E-state index contributed by atoms with van der Waals surface area (Å²) in [6.45, 7) is 0. The number of nitrogens with one attached hydrogen (secondary N) is 1. The van der Waals surface area contributed by atoms with E-state index in [1.165, 1.54) is 23.9 Å². The van der Waals surface area contributed by atoms with Crippen molar-refractivity contribution in [2.75, 3.05) is 12.0 Å². The van der Waals surface area contributed by atoms with Crippen molar-refractivity contribution in [3.05, 3.63) is 39.9 Å². The number of carbonyl (C=O) groups is 2. The van der Waals surface area contributed by atoms with Gasteiger partial charge in [-0.1, -0.05) is 35.3 Å². The molecule has 1 rings (SSSR count). The second-order valence-electron chi connectivity index (χ2n) is 4.16. The highest BCUT2D eigenvalue weighted by atomic mass is 35.5. The maximum atomic E-state index is 11.7. The minimum atomic E-state index is -1.05. The molecule has 0 aromatic heterocycles. The van der Waals surface area contributed by atoms with E-state index in [1.807, 2.05) is 6.26 Å². The summed E-state index contributed by atoms with van der Waals surface area (Å²) in [5.41, 5.74) is 0.593. The summed E-state index contributed by atoms with van der Waals surface area (Å²) in [7, 11) is 0. The van der Waals surface area contributed by atoms with Crippen molar-refractivity contribution >= 4 is 52.9 Å². The maximum absolute atomic E-state index is 11.7. The topological polar surface area (TPSA) is 66.4 Å². The number of thioether (sulfide) groups is 1. The quantitative estimate of drug-likeness (QED) is 0.742. The Bertz CT molecular complexity index is 549. The number of hydrogen-bond donors (Lipinski definition) is 2. The van der Waals surface area contributed by atoms with E-state index in [4.69, 9.17) is 28.3 Å². The van der Waals surface area contributed by atoms with Crippen LogP contribution in [0.25, 0.3) is 6.08 Å². The number of rotatable bonds is 7. The average molecular weight is 348 g/mol. The molecule has 7 heteroatoms. The van der Waals surface area contributed by atoms with E-state index in [2.05, 4.69) is 5.32 Å². The Hall–Kier alpha value is -1.17. The van der Waals surface area contributed by atoms with Crippen LogP contribution in [0.5, 0.6) is 0 Å². The minimum Gasteiger partial charge on any atom is -0.480 e. The Morgan fingerprint density at radius 1 is 1.43 bits per heavy atom. The predicted molar refractivity (Wildman–Crippen MR) is 88.1 cm³/mol. The fourth-order valence-corrected chi connectivity index (χ4v) is 2.37. The molecule has 0 aliphatic carbocycles. The molecular formula is C14H15Cl2NO3S. The molecule has 0 bridgehead atoms. The van der Waals surface area contributed by atoms with E-state index in [-0.39, 0.29) is 0 Å². The van der Waals surface area contributed by atoms with Crippen LogP contribution in [0.15, 0.2) is 24.3 Å². The minimum absolute atomic E-state index is 0.348. The summed E-state index contributed by atoms with van der Waals surface area (Å²) in [6, 6.07) is 4.17. The predicted octanol–water partition coefficient (Wildman–Crippen LogP) is 3.33. The van der Waals surface area contributed by atoms with Gasteiger partial charge < -0.3 is 10.4 Å². The normalized spacial score (nSPS) is 12.3. The monoisotopic (exact) mass is 347 g/mol. The number of hydrogen-bond acceptors (Lipinski definition) is 3. The molecule has 114 valence electrons. The number of carboxylic acid groups (broad SMARTS) is 1. The van der Waals surface area contributed by atoms with Gasteiger partial charge in [0.1, 0.15) is 6.04 Å². The second kappa shape index (κ2) is 8.97. The van der Waals surface area contributed by atoms with Gasteiger partial charge in [0.15, 0.2) is 0 Å². The molecule has 21 heavy (non-hydrogen) atoms. The SMILES string of the molecule is CSCC[C@@H](NC(=O)/C=C/c1cccc(Cl)c1Cl)C(=O)O. The zero-order valence-electron chi connectivity index (χ0n) is 11.3. The molecule has 4 nitrogen and oxygen atoms in total. The molecule has 2 N–H and O–H groups in total. The third kappa shape index (κ3) is 5.99. The molecule has 0 spiro atoms. The van der Waals surface area contributed by atoms with Crippen LogP contribution in [0, 0.1) is 0 Å². The highest BCUT2D eigenvalue weighted by Crippen LogP contribution is 2.26. The first-order chi connectivity index (χ1) is 9.95. The Kier molecular flexibility index (Phi) is 7.64. The molecule has 1 aromatic carbocycles. The number of benzene rings is 1. The summed E-state index contributed by atoms with van der Waals surface area (Å²) in [5.74, 6) is -0.882. The average Bonchev–Trinajstić information content (AvgIpc) is 2.44. The lowest BCUT2D eigenvalue weighted by Crippen LogP contribution is -2.40. The van der Waals surface area contributed by atoms with Crippen LogP contribution in [0.4, 0.5) is 0 Å². The van der Waals surface area contributed by atoms with Gasteiger partial charge in [0.25, 0.3) is 0 Å². The van der Waals surface area contributed by atoms with E-state index in [0.717, 1.165) is 0 Å². The van der Waals surface area contributed by atoms with Crippen LogP contribution in [0.2, 0.25) is 10.0 Å². The van der Waals surface area contributed by atoms with Gasteiger partial charge in [-0.15, -0.1) is 0 Å². The first kappa shape index (κ1) is 17.9. The lowest BCUT2D eigenvalue weighted by Gasteiger charge is -2.12. The first-order valence-corrected chi connectivity index (χ1v) is 8.25. The molecule has 0 unspecified atom stereocenters. The zero-order valence-corrected chi connectivity index (χ0v) is 13.6. The van der Waals surface area contributed by atoms with Crippen molar-refractivity contribution in [3.8, 4) is 0 Å². The van der Waals surface area contributed by atoms with Gasteiger partial charge in [-0.05, 0) is 36.1 Å². The van der Waals surface area contributed by atoms with Gasteiger partial charge >= 0.3 is 5.97 Å². The van der Waals surface area contributed by atoms with Gasteiger partial charge in [0.05, 0.1) is 10.0 Å². The molecule has 0 aliphatic heterocycles. The Labute approximate surface area is 137 Å². The van der Waals surface area contributed by atoms with Gasteiger partial charge in [-0.3, -0.25) is 4.79 Å². The standard InChI is InChI=1S/C14H15Cl2NO3S/c1-21-8-7-11(14(19)20)17-12(18)6-5-9-3-2-4-10(15)13(9)16/h2-6,11H,7-8H2,1H3,(H,17,18)(H,19,20)/b6-5+/t11-/m1/s1. The van der Waals surface area contributed by atoms with Crippen molar-refractivity contribution in [3.63, 3.8) is 0 Å². The van der Waals surface area contributed by atoms with Gasteiger partial charge in [-0.25, -0.2) is 4.79 Å². The zero-order chi connectivity index (χ0) is 15.8. The van der Waals surface area contributed by atoms with Gasteiger partial charge in [-0.2, -0.15) is 11.8 Å². The maximum Gasteiger partial charge on any atom is 0.326 e. The van der Waals surface area contributed by atoms with E-state index < -0.39 is 17.9 Å². The molecule has 1 atom stereocenters. The van der Waals surface area contributed by atoms with Crippen molar-refractivity contribution < 1.29 is 14.7 Å². The van der Waals surface area contributed by atoms with Crippen LogP contribution in [-0.4, -0.2) is 35.0 Å². The van der Waals surface area contributed by atoms with E-state index in [1.54, 1.807) is 18.2 Å². The van der Waals surface area contributed by atoms with Crippen LogP contribution < -0.4 is 5.32 Å². The fourth-order valence-electron chi connectivity index (χ4n) is 1.53. The van der Waals surface area contributed by atoms with Crippen LogP contribution >= 0.6 is 35.0 Å². The second-order valence-corrected chi connectivity index (χ2v) is 5.93. The molecule has 0 radical (unpaired) electrons. The van der Waals surface area contributed by atoms with Gasteiger partial charge in [0, 0.05) is 6.08 Å². The van der Waals surface area contributed by atoms with Crippen molar-refractivity contribution in [2.24, 2.45) is 0 Å². The van der Waals surface area contributed by atoms with Crippen molar-refractivity contribution in [2.45, 2.75) is 12.5 Å². The molecule has 0 saturated carbocycles. The van der Waals surface area contributed by atoms with Crippen molar-refractivity contribution in [1.82, 2.24) is 5.32 Å². The summed E-state index contributed by atoms with van der Waals surface area (Å²) in [6.07, 6.45) is 4.99. The summed E-state index contributed by atoms with van der Waals surface area (Å²) in [5, 5.41) is 12.2. The van der Waals surface area contributed by atoms with E-state index >= 15 is 0 Å². The fraction of sp³-hybridized carbons (Fsp3) is 0.286. The summed E-state index contributed by atoms with van der Waals surface area (Å²) >= 11 is 13.4. The highest BCUT2D eigenvalue weighted by Gasteiger charge is 2.18. The van der Waals surface area contributed by atoms with Crippen LogP contribution in [-0.2, 0) is 9.59 Å². The Morgan fingerprint density at radius 3 is 2.76 bits per heavy atom. The number of carbonyl (C=O) groups excluding carboxylic acids is 1. The largest absolute Gasteiger partial charge is 0.480 e. The molecule has 1 amide bonds. The molecule has 0 fully saturated rings. The summed E-state index contributed by atoms with van der Waals surface area (Å²) < 4.78 is 0. The Morgan fingerprint density at radius 2 is 2.14 bits per heavy atom. The lowest BCUT2D eigenvalue weighted by molar-refractivity contribution is -0.141. The smallest absolute Gasteiger partial charge is 0.326 e. The molecule has 0 aliphatic rings. The van der Waals surface area contributed by atoms with Crippen LogP contribution in [0.1, 0.15) is 12.0 Å². The number of carboxylic acids is 1. The van der Waals surface area contributed by atoms with E-state index in [9.17, 15) is 9.59 Å². The highest BCUT2D eigenvalue weighted by molar-refractivity contribution is 7.98. The van der Waals surface area contributed by atoms with Crippen LogP contribution in [0.3, 0.4) is 0 Å². The summed E-state index contributed by atoms with van der Waals surface area (Å²) in [4.78, 5) is 22.8.